The molecule has 1 aromatic carbocycles. The zero-order chi connectivity index (χ0) is 16.4. The summed E-state index contributed by atoms with van der Waals surface area (Å²) in [7, 11) is 0. The summed E-state index contributed by atoms with van der Waals surface area (Å²) in [6.45, 7) is 2.04. The Morgan fingerprint density at radius 3 is 2.78 bits per heavy atom. The van der Waals surface area contributed by atoms with Crippen molar-refractivity contribution in [3.8, 4) is 5.75 Å². The van der Waals surface area contributed by atoms with E-state index in [-0.39, 0.29) is 29.6 Å². The summed E-state index contributed by atoms with van der Waals surface area (Å²) in [5, 5.41) is 20.2. The van der Waals surface area contributed by atoms with Crippen molar-refractivity contribution in [3.05, 3.63) is 29.3 Å². The number of aliphatic hydroxyl groups is 1. The molecule has 1 saturated heterocycles. The average molecular weight is 320 g/mol. The summed E-state index contributed by atoms with van der Waals surface area (Å²) < 4.78 is 11.7. The average Bonchev–Trinajstić information content (AvgIpc) is 2.46. The van der Waals surface area contributed by atoms with Gasteiger partial charge in [-0.2, -0.15) is 0 Å². The second-order valence-electron chi connectivity index (χ2n) is 6.57. The van der Waals surface area contributed by atoms with Gasteiger partial charge in [0.15, 0.2) is 0 Å². The molecule has 4 unspecified atom stereocenters. The first kappa shape index (κ1) is 16.3. The van der Waals surface area contributed by atoms with Crippen LogP contribution in [0.15, 0.2) is 18.2 Å². The Hall–Kier alpha value is -1.59. The fourth-order valence-electron chi connectivity index (χ4n) is 3.66. The number of aromatic hydroxyl groups is 1. The molecule has 5 heteroatoms. The van der Waals surface area contributed by atoms with Crippen molar-refractivity contribution in [1.82, 2.24) is 0 Å². The van der Waals surface area contributed by atoms with Gasteiger partial charge in [-0.1, -0.05) is 25.5 Å². The van der Waals surface area contributed by atoms with Crippen molar-refractivity contribution in [1.29, 1.82) is 0 Å². The Kier molecular flexibility index (Phi) is 4.87. The van der Waals surface area contributed by atoms with E-state index in [1.165, 1.54) is 6.07 Å². The van der Waals surface area contributed by atoms with E-state index in [2.05, 4.69) is 0 Å². The van der Waals surface area contributed by atoms with E-state index >= 15 is 0 Å². The smallest absolute Gasteiger partial charge is 0.342 e. The van der Waals surface area contributed by atoms with E-state index in [4.69, 9.17) is 9.47 Å². The molecule has 1 aromatic rings. The molecule has 1 fully saturated rings. The summed E-state index contributed by atoms with van der Waals surface area (Å²) in [5.41, 5.74) is 0.945. The zero-order valence-corrected chi connectivity index (χ0v) is 13.4. The molecule has 2 aliphatic heterocycles. The topological polar surface area (TPSA) is 76.0 Å². The molecule has 2 heterocycles. The van der Waals surface area contributed by atoms with Crippen LogP contribution in [0.4, 0.5) is 0 Å². The van der Waals surface area contributed by atoms with Gasteiger partial charge in [-0.05, 0) is 37.3 Å². The molecule has 0 aromatic heterocycles. The monoisotopic (exact) mass is 320 g/mol. The molecule has 126 valence electrons. The van der Waals surface area contributed by atoms with Crippen LogP contribution < -0.4 is 0 Å². The summed E-state index contributed by atoms with van der Waals surface area (Å²) in [6, 6.07) is 5.03. The molecule has 2 bridgehead atoms. The Labute approximate surface area is 136 Å². The molecule has 0 amide bonds. The number of carbonyl (C=O) groups is 1. The lowest BCUT2D eigenvalue weighted by Crippen LogP contribution is -2.40. The number of hydrogen-bond acceptors (Lipinski definition) is 5. The van der Waals surface area contributed by atoms with Gasteiger partial charge in [0.1, 0.15) is 17.4 Å². The van der Waals surface area contributed by atoms with E-state index in [1.54, 1.807) is 6.07 Å². The number of esters is 1. The van der Waals surface area contributed by atoms with Crippen LogP contribution in [0.3, 0.4) is 0 Å². The molecule has 3 rings (SSSR count). The third-order valence-corrected chi connectivity index (χ3v) is 4.65. The molecule has 0 saturated carbocycles. The number of rotatable bonds is 2. The zero-order valence-electron chi connectivity index (χ0n) is 13.4. The molecule has 2 N–H and O–H groups in total. The van der Waals surface area contributed by atoms with Gasteiger partial charge < -0.3 is 19.7 Å². The summed E-state index contributed by atoms with van der Waals surface area (Å²) in [5.74, 6) is -0.520. The normalized spacial score (nSPS) is 31.1. The summed E-state index contributed by atoms with van der Waals surface area (Å²) >= 11 is 0. The Bertz CT molecular complexity index is 571. The molecular weight excluding hydrogens is 296 g/mol. The van der Waals surface area contributed by atoms with E-state index in [0.717, 1.165) is 12.8 Å². The lowest BCUT2D eigenvalue weighted by molar-refractivity contribution is -0.110. The third-order valence-electron chi connectivity index (χ3n) is 4.65. The highest BCUT2D eigenvalue weighted by molar-refractivity contribution is 5.94. The first-order chi connectivity index (χ1) is 11.1. The molecule has 0 spiro atoms. The van der Waals surface area contributed by atoms with E-state index in [9.17, 15) is 15.0 Å². The van der Waals surface area contributed by atoms with Crippen LogP contribution in [0.2, 0.25) is 0 Å². The van der Waals surface area contributed by atoms with Gasteiger partial charge in [0.25, 0.3) is 0 Å². The standard InChI is InChI=1S/C18H24O5/c1-2-4-13-10-15-9-12(19)8-14(22-15)7-11-5-3-6-16(20)17(11)18(21)23-13/h3,5-6,12-15,19-20H,2,4,7-10H2,1H3. The lowest BCUT2D eigenvalue weighted by atomic mass is 9.91. The maximum Gasteiger partial charge on any atom is 0.342 e. The minimum absolute atomic E-state index is 0.0590. The first-order valence-electron chi connectivity index (χ1n) is 8.42. The second kappa shape index (κ2) is 6.89. The van der Waals surface area contributed by atoms with Crippen LogP contribution in [0, 0.1) is 0 Å². The summed E-state index contributed by atoms with van der Waals surface area (Å²) in [6.07, 6.45) is 2.98. The Morgan fingerprint density at radius 2 is 2.00 bits per heavy atom. The molecule has 4 atom stereocenters. The van der Waals surface area contributed by atoms with Crippen LogP contribution in [0.1, 0.15) is 54.9 Å². The number of phenols is 1. The van der Waals surface area contributed by atoms with Crippen LogP contribution in [-0.4, -0.2) is 40.6 Å². The molecule has 23 heavy (non-hydrogen) atoms. The fraction of sp³-hybridized carbons (Fsp3) is 0.611. The second-order valence-corrected chi connectivity index (χ2v) is 6.57. The Morgan fingerprint density at radius 1 is 1.22 bits per heavy atom. The Balaban J connectivity index is 1.96. The van der Waals surface area contributed by atoms with Crippen molar-refractivity contribution in [2.45, 2.75) is 69.9 Å². The summed E-state index contributed by atoms with van der Waals surface area (Å²) in [4.78, 5) is 12.5. The molecule has 0 aliphatic carbocycles. The third kappa shape index (κ3) is 3.67. The van der Waals surface area contributed by atoms with Crippen LogP contribution in [-0.2, 0) is 15.9 Å². The number of fused-ring (bicyclic) bond motifs is 3. The van der Waals surface area contributed by atoms with Gasteiger partial charge >= 0.3 is 5.97 Å². The van der Waals surface area contributed by atoms with Gasteiger partial charge in [0.05, 0.1) is 18.3 Å². The van der Waals surface area contributed by atoms with Crippen LogP contribution in [0.5, 0.6) is 5.75 Å². The van der Waals surface area contributed by atoms with Crippen molar-refractivity contribution in [2.24, 2.45) is 0 Å². The number of cyclic esters (lactones) is 1. The highest BCUT2D eigenvalue weighted by atomic mass is 16.5. The van der Waals surface area contributed by atoms with Crippen molar-refractivity contribution in [2.75, 3.05) is 0 Å². The van der Waals surface area contributed by atoms with E-state index < -0.39 is 12.1 Å². The number of carbonyl (C=O) groups excluding carboxylic acids is 1. The lowest BCUT2D eigenvalue weighted by Gasteiger charge is -2.36. The molecule has 5 nitrogen and oxygen atoms in total. The van der Waals surface area contributed by atoms with Gasteiger partial charge in [-0.25, -0.2) is 4.79 Å². The minimum atomic E-state index is -0.461. The van der Waals surface area contributed by atoms with E-state index in [1.807, 2.05) is 13.0 Å². The number of hydrogen-bond donors (Lipinski definition) is 2. The molecule has 2 aliphatic rings. The fourth-order valence-corrected chi connectivity index (χ4v) is 3.66. The van der Waals surface area contributed by atoms with Crippen molar-refractivity contribution >= 4 is 5.97 Å². The van der Waals surface area contributed by atoms with Crippen molar-refractivity contribution < 1.29 is 24.5 Å². The number of ether oxygens (including phenoxy) is 2. The quantitative estimate of drug-likeness (QED) is 0.819. The predicted octanol–water partition coefficient (Wildman–Crippen LogP) is 2.57. The maximum atomic E-state index is 12.5. The number of phenolic OH excluding ortho intramolecular Hbond substituents is 1. The first-order valence-corrected chi connectivity index (χ1v) is 8.42. The van der Waals surface area contributed by atoms with Gasteiger partial charge in [0.2, 0.25) is 0 Å². The van der Waals surface area contributed by atoms with Gasteiger partial charge in [-0.15, -0.1) is 0 Å². The predicted molar refractivity (Wildman–Crippen MR) is 84.4 cm³/mol. The molecular formula is C18H24O5. The minimum Gasteiger partial charge on any atom is -0.507 e. The van der Waals surface area contributed by atoms with Gasteiger partial charge in [-0.3, -0.25) is 0 Å². The maximum absolute atomic E-state index is 12.5. The number of aliphatic hydroxyl groups excluding tert-OH is 1. The van der Waals surface area contributed by atoms with Crippen molar-refractivity contribution in [3.63, 3.8) is 0 Å². The van der Waals surface area contributed by atoms with Crippen LogP contribution in [0.25, 0.3) is 0 Å². The highest BCUT2D eigenvalue weighted by Gasteiger charge is 2.34. The molecule has 0 radical (unpaired) electrons. The van der Waals surface area contributed by atoms with Crippen LogP contribution >= 0.6 is 0 Å². The SMILES string of the molecule is CCCC1CC2CC(O)CC(Cc3cccc(O)c3C(=O)O1)O2. The number of benzene rings is 1. The highest BCUT2D eigenvalue weighted by Crippen LogP contribution is 2.32. The van der Waals surface area contributed by atoms with Gasteiger partial charge in [0, 0.05) is 6.42 Å². The van der Waals surface area contributed by atoms with E-state index in [0.29, 0.717) is 31.2 Å². The largest absolute Gasteiger partial charge is 0.507 e.